The van der Waals surface area contributed by atoms with Crippen LogP contribution in [0.2, 0.25) is 23.7 Å². The predicted molar refractivity (Wildman–Crippen MR) is 38.1 cm³/mol. The van der Waals surface area contributed by atoms with Gasteiger partial charge < -0.3 is 24.8 Å². The molecule has 0 aliphatic heterocycles. The van der Waals surface area contributed by atoms with E-state index in [0.29, 0.717) is 0 Å². The van der Waals surface area contributed by atoms with Gasteiger partial charge in [0.2, 0.25) is 0 Å². The van der Waals surface area contributed by atoms with E-state index in [1.807, 2.05) is 0 Å². The van der Waals surface area contributed by atoms with Gasteiger partial charge in [0.05, 0.1) is 0 Å². The van der Waals surface area contributed by atoms with Gasteiger partial charge >= 0.3 is 54.3 Å². The van der Waals surface area contributed by atoms with Crippen molar-refractivity contribution in [3.05, 3.63) is 0 Å². The molecule has 0 heterocycles. The van der Waals surface area contributed by atoms with E-state index in [2.05, 4.69) is 19.6 Å². The van der Waals surface area contributed by atoms with E-state index < -0.39 is 8.07 Å². The van der Waals surface area contributed by atoms with Gasteiger partial charge in [0.25, 0.3) is 0 Å². The van der Waals surface area contributed by atoms with E-state index in [-0.39, 0.29) is 24.8 Å². The van der Waals surface area contributed by atoms with E-state index in [9.17, 15) is 0 Å². The van der Waals surface area contributed by atoms with Gasteiger partial charge in [-0.15, -0.1) is 0 Å². The molecule has 0 N–H and O–H groups in total. The second-order valence-corrected chi connectivity index (χ2v) is 14.8. The molecule has 0 saturated carbocycles. The van der Waals surface area contributed by atoms with E-state index in [0.717, 1.165) is 22.5 Å². The fraction of sp³-hybridized carbons (Fsp3) is 1.00. The Morgan fingerprint density at radius 2 is 1.25 bits per heavy atom. The summed E-state index contributed by atoms with van der Waals surface area (Å²) in [7, 11) is -0.538. The molecular formula is C4H14Cl2SiSn. The van der Waals surface area contributed by atoms with Crippen molar-refractivity contribution >= 4 is 30.6 Å². The maximum Gasteiger partial charge on any atom is -1.00 e. The molecule has 0 aromatic carbocycles. The Kier molecular flexibility index (Phi) is 13.7. The molecule has 0 saturated heterocycles. The quantitative estimate of drug-likeness (QED) is 0.421. The maximum atomic E-state index is 2.43. The molecule has 0 unspecified atom stereocenters. The first-order valence-electron chi connectivity index (χ1n) is 2.56. The summed E-state index contributed by atoms with van der Waals surface area (Å²) in [6.45, 7) is 7.30. The van der Waals surface area contributed by atoms with Crippen molar-refractivity contribution in [1.29, 1.82) is 0 Å². The van der Waals surface area contributed by atoms with Crippen molar-refractivity contribution in [2.45, 2.75) is 23.7 Å². The molecule has 0 aromatic heterocycles. The summed E-state index contributed by atoms with van der Waals surface area (Å²) < 4.78 is 1.62. The summed E-state index contributed by atoms with van der Waals surface area (Å²) in [6.07, 6.45) is 0. The van der Waals surface area contributed by atoms with E-state index in [4.69, 9.17) is 0 Å². The Balaban J connectivity index is -0.000000125. The summed E-state index contributed by atoms with van der Waals surface area (Å²) in [5.74, 6) is 0. The Hall–Kier alpha value is 1.60. The van der Waals surface area contributed by atoms with Gasteiger partial charge in [-0.05, 0) is 0 Å². The predicted octanol–water partition coefficient (Wildman–Crippen LogP) is -5.34. The van der Waals surface area contributed by atoms with E-state index >= 15 is 0 Å². The summed E-state index contributed by atoms with van der Waals surface area (Å²) in [5.41, 5.74) is 0. The maximum absolute atomic E-state index is 2.43. The molecule has 0 amide bonds. The van der Waals surface area contributed by atoms with Crippen LogP contribution in [0.3, 0.4) is 0 Å². The minimum atomic E-state index is -0.538. The molecule has 0 aliphatic carbocycles. The van der Waals surface area contributed by atoms with Crippen LogP contribution in [0.5, 0.6) is 0 Å². The molecule has 52 valence electrons. The van der Waals surface area contributed by atoms with Crippen molar-refractivity contribution in [2.24, 2.45) is 0 Å². The third-order valence-corrected chi connectivity index (χ3v) is 21.3. The zero-order chi connectivity index (χ0) is 5.21. The van der Waals surface area contributed by atoms with Gasteiger partial charge in [-0.2, -0.15) is 0 Å². The normalized spacial score (nSPS) is 9.38. The van der Waals surface area contributed by atoms with Crippen molar-refractivity contribution in [1.82, 2.24) is 0 Å². The molecule has 0 rings (SSSR count). The minimum absolute atomic E-state index is 0. The topological polar surface area (TPSA) is 0 Å². The number of halogens is 2. The monoisotopic (exact) mass is 280 g/mol. The molecule has 0 fully saturated rings. The molecule has 0 atom stereocenters. The van der Waals surface area contributed by atoms with Gasteiger partial charge in [0, 0.05) is 0 Å². The van der Waals surface area contributed by atoms with Crippen molar-refractivity contribution in [3.8, 4) is 0 Å². The van der Waals surface area contributed by atoms with Crippen LogP contribution in [0.4, 0.5) is 0 Å². The van der Waals surface area contributed by atoms with Gasteiger partial charge in [0.15, 0.2) is 0 Å². The Morgan fingerprint density at radius 3 is 1.25 bits per heavy atom. The largest absolute Gasteiger partial charge is 1.00 e. The van der Waals surface area contributed by atoms with Crippen LogP contribution in [-0.2, 0) is 0 Å². The standard InChI is InChI=1S/C4H11Si.2ClH.Sn.3H/c1-5(2,3)4;;;;;;/h1H2,2-4H3;2*1H;;;;/q;;;+2;;;/p-2. The van der Waals surface area contributed by atoms with E-state index in [1.54, 1.807) is 4.06 Å². The third kappa shape index (κ3) is 15.6. The van der Waals surface area contributed by atoms with Crippen molar-refractivity contribution in [2.75, 3.05) is 0 Å². The molecular weight excluding hydrogens is 266 g/mol. The van der Waals surface area contributed by atoms with Crippen molar-refractivity contribution in [3.63, 3.8) is 0 Å². The van der Waals surface area contributed by atoms with Crippen LogP contribution in [0.25, 0.3) is 0 Å². The number of rotatable bonds is 1. The van der Waals surface area contributed by atoms with Crippen LogP contribution in [0, 0.1) is 0 Å². The second kappa shape index (κ2) is 6.71. The van der Waals surface area contributed by atoms with Crippen LogP contribution in [0.1, 0.15) is 0 Å². The molecule has 0 aromatic rings. The smallest absolute Gasteiger partial charge is 1.00 e. The van der Waals surface area contributed by atoms with Crippen LogP contribution in [-0.4, -0.2) is 30.6 Å². The number of hydrogen-bond donors (Lipinski definition) is 0. The second-order valence-electron chi connectivity index (χ2n) is 2.91. The van der Waals surface area contributed by atoms with Crippen LogP contribution in [0.15, 0.2) is 0 Å². The van der Waals surface area contributed by atoms with Gasteiger partial charge in [-0.25, -0.2) is 0 Å². The molecule has 0 aliphatic rings. The van der Waals surface area contributed by atoms with Crippen LogP contribution >= 0.6 is 0 Å². The molecule has 0 bridgehead atoms. The average molecular weight is 280 g/mol. The zero-order valence-corrected chi connectivity index (χ0v) is 14.2. The first kappa shape index (κ1) is 16.3. The van der Waals surface area contributed by atoms with Gasteiger partial charge in [-0.3, -0.25) is 0 Å². The first-order chi connectivity index (χ1) is 2.56. The first-order valence-corrected chi connectivity index (χ1v) is 10.3. The fourth-order valence-electron chi connectivity index (χ4n) is 0. The summed E-state index contributed by atoms with van der Waals surface area (Å²) >= 11 is 0.969. The molecule has 2 radical (unpaired) electrons. The third-order valence-electron chi connectivity index (χ3n) is 1.06. The minimum Gasteiger partial charge on any atom is -1.00 e. The van der Waals surface area contributed by atoms with Crippen LogP contribution < -0.4 is 24.8 Å². The summed E-state index contributed by atoms with van der Waals surface area (Å²) in [4.78, 5) is 0. The molecule has 0 spiro atoms. The SMILES string of the molecule is C[Si](C)(C)[CH2][SnH3+2].[Cl-].[Cl-]. The Morgan fingerprint density at radius 1 is 1.12 bits per heavy atom. The van der Waals surface area contributed by atoms with Gasteiger partial charge in [-0.1, -0.05) is 0 Å². The fourth-order valence-corrected chi connectivity index (χ4v) is 0. The summed E-state index contributed by atoms with van der Waals surface area (Å²) in [6, 6.07) is 0. The van der Waals surface area contributed by atoms with Crippen molar-refractivity contribution < 1.29 is 24.8 Å². The zero-order valence-electron chi connectivity index (χ0n) is 5.96. The van der Waals surface area contributed by atoms with E-state index in [1.165, 1.54) is 0 Å². The molecule has 0 nitrogen and oxygen atoms in total. The Bertz CT molecular complexity index is 43.8. The Labute approximate surface area is 78.7 Å². The molecule has 8 heavy (non-hydrogen) atoms. The van der Waals surface area contributed by atoms with Gasteiger partial charge in [0.1, 0.15) is 0 Å². The molecule has 4 heteroatoms. The summed E-state index contributed by atoms with van der Waals surface area (Å²) in [5, 5.41) is 0. The number of hydrogen-bond acceptors (Lipinski definition) is 0. The average Bonchev–Trinajstić information content (AvgIpc) is 1.35.